The zero-order chi connectivity index (χ0) is 20.0. The number of aromatic nitrogens is 3. The first-order valence-electron chi connectivity index (χ1n) is 8.64. The fourth-order valence-corrected chi connectivity index (χ4v) is 3.45. The molecule has 0 spiro atoms. The number of rotatable bonds is 3. The van der Waals surface area contributed by atoms with Crippen molar-refractivity contribution in [3.8, 4) is 11.3 Å². The molecule has 0 bridgehead atoms. The van der Waals surface area contributed by atoms with Crippen LogP contribution in [0.4, 0.5) is 0 Å². The van der Waals surface area contributed by atoms with Crippen LogP contribution in [-0.4, -0.2) is 25.6 Å². The van der Waals surface area contributed by atoms with E-state index in [4.69, 9.17) is 16.6 Å². The van der Waals surface area contributed by atoms with Gasteiger partial charge in [-0.05, 0) is 38.1 Å². The highest BCUT2D eigenvalue weighted by Crippen LogP contribution is 2.30. The maximum atomic E-state index is 13.3. The summed E-state index contributed by atoms with van der Waals surface area (Å²) >= 11 is 6.00. The van der Waals surface area contributed by atoms with Crippen LogP contribution in [0.3, 0.4) is 0 Å². The number of carbonyl (C=O) groups is 1. The Bertz CT molecular complexity index is 1310. The molecule has 0 atom stereocenters. The monoisotopic (exact) mass is 393 g/mol. The summed E-state index contributed by atoms with van der Waals surface area (Å²) in [5.74, 6) is -0.775. The number of fused-ring (bicyclic) bond motifs is 3. The summed E-state index contributed by atoms with van der Waals surface area (Å²) in [6, 6.07) is 12.8. The third-order valence-corrected chi connectivity index (χ3v) is 4.90. The molecule has 1 N–H and O–H groups in total. The maximum absolute atomic E-state index is 13.3. The summed E-state index contributed by atoms with van der Waals surface area (Å²) in [4.78, 5) is 33.8. The van der Waals surface area contributed by atoms with Crippen LogP contribution in [0, 0.1) is 13.8 Å². The molecule has 2 aromatic carbocycles. The molecule has 0 fully saturated rings. The van der Waals surface area contributed by atoms with Crippen molar-refractivity contribution in [2.45, 2.75) is 20.4 Å². The third-order valence-electron chi connectivity index (χ3n) is 4.65. The normalized spacial score (nSPS) is 11.2. The van der Waals surface area contributed by atoms with Crippen molar-refractivity contribution in [3.63, 3.8) is 0 Å². The number of hydrogen-bond acceptors (Lipinski definition) is 4. The molecule has 0 amide bonds. The van der Waals surface area contributed by atoms with Crippen LogP contribution in [0.1, 0.15) is 11.4 Å². The van der Waals surface area contributed by atoms with Gasteiger partial charge in [-0.15, -0.1) is 0 Å². The van der Waals surface area contributed by atoms with Crippen LogP contribution in [0.5, 0.6) is 0 Å². The molecule has 4 rings (SSSR count). The second kappa shape index (κ2) is 6.73. The molecule has 7 heteroatoms. The molecule has 0 unspecified atom stereocenters. The number of carboxylic acid groups (broad SMARTS) is 1. The molecule has 0 radical (unpaired) electrons. The summed E-state index contributed by atoms with van der Waals surface area (Å²) in [6.07, 6.45) is 0. The predicted octanol–water partition coefficient (Wildman–Crippen LogP) is 3.97. The minimum Gasteiger partial charge on any atom is -0.480 e. The Morgan fingerprint density at radius 2 is 1.82 bits per heavy atom. The number of pyridine rings is 1. The Kier molecular flexibility index (Phi) is 4.35. The Hall–Kier alpha value is -3.25. The first-order chi connectivity index (χ1) is 13.3. The van der Waals surface area contributed by atoms with Crippen molar-refractivity contribution in [1.82, 2.24) is 14.5 Å². The topological polar surface area (TPSA) is 85.1 Å². The zero-order valence-electron chi connectivity index (χ0n) is 15.2. The van der Waals surface area contributed by atoms with Gasteiger partial charge in [0.05, 0.1) is 16.6 Å². The number of aliphatic carboxylic acids is 1. The second-order valence-corrected chi connectivity index (χ2v) is 7.09. The van der Waals surface area contributed by atoms with E-state index in [0.29, 0.717) is 38.3 Å². The quantitative estimate of drug-likeness (QED) is 0.532. The highest BCUT2D eigenvalue weighted by molar-refractivity contribution is 6.30. The Morgan fingerprint density at radius 1 is 1.11 bits per heavy atom. The fourth-order valence-electron chi connectivity index (χ4n) is 3.33. The molecule has 4 aromatic rings. The van der Waals surface area contributed by atoms with E-state index >= 15 is 0 Å². The van der Waals surface area contributed by atoms with Gasteiger partial charge in [0.25, 0.3) is 5.56 Å². The molecule has 140 valence electrons. The molecule has 2 heterocycles. The predicted molar refractivity (Wildman–Crippen MR) is 109 cm³/mol. The van der Waals surface area contributed by atoms with E-state index in [9.17, 15) is 14.7 Å². The maximum Gasteiger partial charge on any atom is 0.323 e. The second-order valence-electron chi connectivity index (χ2n) is 6.66. The van der Waals surface area contributed by atoms with Gasteiger partial charge >= 0.3 is 5.97 Å². The highest BCUT2D eigenvalue weighted by Gasteiger charge is 2.18. The first-order valence-corrected chi connectivity index (χ1v) is 9.02. The van der Waals surface area contributed by atoms with Crippen LogP contribution in [0.25, 0.3) is 33.1 Å². The van der Waals surface area contributed by atoms with Crippen LogP contribution in [-0.2, 0) is 11.3 Å². The van der Waals surface area contributed by atoms with Crippen molar-refractivity contribution in [3.05, 3.63) is 69.2 Å². The number of carboxylic acids is 1. The summed E-state index contributed by atoms with van der Waals surface area (Å²) < 4.78 is 1.18. The van der Waals surface area contributed by atoms with Crippen molar-refractivity contribution in [1.29, 1.82) is 0 Å². The fraction of sp³-hybridized carbons (Fsp3) is 0.143. The third kappa shape index (κ3) is 3.01. The average Bonchev–Trinajstić information content (AvgIpc) is 2.65. The lowest BCUT2D eigenvalue weighted by atomic mass is 10.0. The molecule has 0 aliphatic carbocycles. The summed E-state index contributed by atoms with van der Waals surface area (Å²) in [5, 5.41) is 10.8. The Morgan fingerprint density at radius 3 is 2.50 bits per heavy atom. The molecular formula is C21H16ClN3O3. The smallest absolute Gasteiger partial charge is 0.323 e. The van der Waals surface area contributed by atoms with Gasteiger partial charge in [-0.25, -0.2) is 9.97 Å². The van der Waals surface area contributed by atoms with Crippen LogP contribution < -0.4 is 5.56 Å². The van der Waals surface area contributed by atoms with E-state index < -0.39 is 18.1 Å². The molecule has 0 aliphatic heterocycles. The summed E-state index contributed by atoms with van der Waals surface area (Å²) in [6.45, 7) is 3.10. The Balaban J connectivity index is 2.19. The lowest BCUT2D eigenvalue weighted by Gasteiger charge is -2.13. The lowest BCUT2D eigenvalue weighted by molar-refractivity contribution is -0.137. The van der Waals surface area contributed by atoms with Gasteiger partial charge in [-0.3, -0.25) is 14.2 Å². The van der Waals surface area contributed by atoms with Crippen molar-refractivity contribution in [2.75, 3.05) is 0 Å². The van der Waals surface area contributed by atoms with Crippen molar-refractivity contribution < 1.29 is 9.90 Å². The van der Waals surface area contributed by atoms with Crippen molar-refractivity contribution in [2.24, 2.45) is 0 Å². The van der Waals surface area contributed by atoms with Crippen LogP contribution in [0.15, 0.2) is 47.3 Å². The largest absolute Gasteiger partial charge is 0.480 e. The van der Waals surface area contributed by atoms with E-state index in [-0.39, 0.29) is 0 Å². The van der Waals surface area contributed by atoms with Gasteiger partial charge in [0.2, 0.25) is 0 Å². The molecule has 0 aliphatic rings. The van der Waals surface area contributed by atoms with E-state index in [0.717, 1.165) is 11.1 Å². The molecule has 0 saturated carbocycles. The van der Waals surface area contributed by atoms with Gasteiger partial charge < -0.3 is 5.11 Å². The lowest BCUT2D eigenvalue weighted by Crippen LogP contribution is -2.27. The molecule has 0 saturated heterocycles. The highest BCUT2D eigenvalue weighted by atomic mass is 35.5. The standard InChI is InChI=1S/C21H16ClN3O3/c1-11-3-8-16-15(9-11)18-20(19(24-16)13-4-6-14(22)7-5-13)23-12(2)25(21(18)28)10-17(26)27/h3-9H,10H2,1-2H3,(H,26,27). The molecule has 6 nitrogen and oxygen atoms in total. The van der Waals surface area contributed by atoms with E-state index in [1.807, 2.05) is 37.3 Å². The van der Waals surface area contributed by atoms with E-state index in [1.54, 1.807) is 19.1 Å². The first kappa shape index (κ1) is 18.1. The van der Waals surface area contributed by atoms with Gasteiger partial charge in [0.1, 0.15) is 17.9 Å². The summed E-state index contributed by atoms with van der Waals surface area (Å²) in [5.41, 5.74) is 3.01. The minimum atomic E-state index is -1.10. The zero-order valence-corrected chi connectivity index (χ0v) is 16.0. The van der Waals surface area contributed by atoms with Gasteiger partial charge in [-0.2, -0.15) is 0 Å². The van der Waals surface area contributed by atoms with E-state index in [1.165, 1.54) is 4.57 Å². The Labute approximate surface area is 165 Å². The number of halogens is 1. The van der Waals surface area contributed by atoms with Crippen LogP contribution in [0.2, 0.25) is 5.02 Å². The molecule has 2 aromatic heterocycles. The molecular weight excluding hydrogens is 378 g/mol. The van der Waals surface area contributed by atoms with E-state index in [2.05, 4.69) is 4.98 Å². The number of nitrogens with zero attached hydrogens (tertiary/aromatic N) is 3. The minimum absolute atomic E-state index is 0.323. The number of aryl methyl sites for hydroxylation is 2. The SMILES string of the molecule is Cc1ccc2nc(-c3ccc(Cl)cc3)c3nc(C)n(CC(=O)O)c(=O)c3c2c1. The van der Waals surface area contributed by atoms with Crippen LogP contribution >= 0.6 is 11.6 Å². The average molecular weight is 394 g/mol. The van der Waals surface area contributed by atoms with Gasteiger partial charge in [0.15, 0.2) is 0 Å². The van der Waals surface area contributed by atoms with Gasteiger partial charge in [-0.1, -0.05) is 35.4 Å². The van der Waals surface area contributed by atoms with Gasteiger partial charge in [0, 0.05) is 16.0 Å². The summed E-state index contributed by atoms with van der Waals surface area (Å²) in [7, 11) is 0. The molecule has 28 heavy (non-hydrogen) atoms. The van der Waals surface area contributed by atoms with Crippen molar-refractivity contribution >= 4 is 39.4 Å². The number of hydrogen-bond donors (Lipinski definition) is 1. The number of benzene rings is 2.